The van der Waals surface area contributed by atoms with Gasteiger partial charge < -0.3 is 10.8 Å². The fraction of sp³-hybridized carbons (Fsp3) is 0. The Hall–Kier alpha value is -1.91. The molecule has 1 aliphatic heterocycles. The lowest BCUT2D eigenvalue weighted by Gasteiger charge is -1.97. The van der Waals surface area contributed by atoms with Crippen LogP contribution in [0.15, 0.2) is 23.4 Å². The van der Waals surface area contributed by atoms with Gasteiger partial charge in [-0.25, -0.2) is 4.79 Å². The van der Waals surface area contributed by atoms with Gasteiger partial charge in [-0.15, -0.1) is 0 Å². The fourth-order valence-electron chi connectivity index (χ4n) is 0.780. The molecule has 0 atom stereocenters. The summed E-state index contributed by atoms with van der Waals surface area (Å²) in [5.74, 6) is -1.98. The summed E-state index contributed by atoms with van der Waals surface area (Å²) in [6, 6.07) is 0. The van der Waals surface area contributed by atoms with Gasteiger partial charge in [0.05, 0.1) is 10.6 Å². The van der Waals surface area contributed by atoms with Crippen molar-refractivity contribution in [2.45, 2.75) is 0 Å². The van der Waals surface area contributed by atoms with Crippen LogP contribution in [-0.4, -0.2) is 23.2 Å². The van der Waals surface area contributed by atoms with E-state index in [-0.39, 0.29) is 11.1 Å². The van der Waals surface area contributed by atoms with Gasteiger partial charge >= 0.3 is 5.97 Å². The summed E-state index contributed by atoms with van der Waals surface area (Å²) < 4.78 is 0. The molecule has 1 aliphatic rings. The lowest BCUT2D eigenvalue weighted by Crippen LogP contribution is -2.20. The molecule has 3 N–H and O–H groups in total. The summed E-state index contributed by atoms with van der Waals surface area (Å²) in [7, 11) is 0. The summed E-state index contributed by atoms with van der Waals surface area (Å²) in [6.07, 6.45) is 3.67. The van der Waals surface area contributed by atoms with Crippen molar-refractivity contribution in [3.63, 3.8) is 0 Å². The first kappa shape index (κ1) is 8.19. The van der Waals surface area contributed by atoms with Crippen molar-refractivity contribution in [1.82, 2.24) is 4.99 Å². The van der Waals surface area contributed by atoms with Crippen molar-refractivity contribution in [3.8, 4) is 0 Å². The molecule has 0 aromatic heterocycles. The van der Waals surface area contributed by atoms with Crippen LogP contribution >= 0.6 is 0 Å². The van der Waals surface area contributed by atoms with Crippen molar-refractivity contribution in [2.75, 3.05) is 0 Å². The van der Waals surface area contributed by atoms with Gasteiger partial charge in [-0.3, -0.25) is 4.79 Å². The minimum atomic E-state index is -1.21. The average Bonchev–Trinajstić information content (AvgIpc) is 2.04. The fourth-order valence-corrected chi connectivity index (χ4v) is 0.780. The highest BCUT2D eigenvalue weighted by atomic mass is 16.4. The van der Waals surface area contributed by atoms with Gasteiger partial charge in [-0.1, -0.05) is 0 Å². The molecule has 0 aromatic rings. The number of nitrogens with two attached hydrogens (primary N) is 1. The number of carbonyl (C=O) groups is 2. The second-order valence-electron chi connectivity index (χ2n) is 2.09. The van der Waals surface area contributed by atoms with Gasteiger partial charge in [0, 0.05) is 6.08 Å². The van der Waals surface area contributed by atoms with Gasteiger partial charge in [0.2, 0.25) is 12.1 Å². The van der Waals surface area contributed by atoms with Gasteiger partial charge in [-0.2, -0.15) is 0 Å². The quantitative estimate of drug-likeness (QED) is 0.538. The molecule has 5 nitrogen and oxygen atoms in total. The smallest absolute Gasteiger partial charge is 0.342 e. The molecular weight excluding hydrogens is 160 g/mol. The number of nitrogens with zero attached hydrogens (tertiary/aromatic N) is 1. The third kappa shape index (κ3) is 1.39. The van der Waals surface area contributed by atoms with Gasteiger partial charge in [0.25, 0.3) is 6.21 Å². The topological polar surface area (TPSA) is 94.5 Å². The lowest BCUT2D eigenvalue weighted by atomic mass is 10.1. The lowest BCUT2D eigenvalue weighted by molar-refractivity contribution is -0.132. The van der Waals surface area contributed by atoms with E-state index in [4.69, 9.17) is 10.8 Å². The minimum Gasteiger partial charge on any atom is -0.477 e. The van der Waals surface area contributed by atoms with Crippen LogP contribution in [0.4, 0.5) is 0 Å². The van der Waals surface area contributed by atoms with Crippen molar-refractivity contribution >= 4 is 18.1 Å². The standard InChI is InChI=1S/C7H6N2O3/c8-6(10)4-1-2-9-3-5(4)7(11)12/h1-3H,(H2,8,10)(H,11,12)/q+1. The van der Waals surface area contributed by atoms with Crippen molar-refractivity contribution in [3.05, 3.63) is 23.4 Å². The molecular formula is C7H6N2O3+. The van der Waals surface area contributed by atoms with E-state index in [2.05, 4.69) is 4.99 Å². The Bertz CT molecular complexity index is 294. The Kier molecular flexibility index (Phi) is 2.05. The molecule has 0 aliphatic carbocycles. The van der Waals surface area contributed by atoms with Gasteiger partial charge in [-0.05, 0) is 0 Å². The largest absolute Gasteiger partial charge is 0.477 e. The van der Waals surface area contributed by atoms with E-state index in [1.165, 1.54) is 12.3 Å². The van der Waals surface area contributed by atoms with Crippen molar-refractivity contribution < 1.29 is 14.7 Å². The molecule has 0 fully saturated rings. The molecule has 0 unspecified atom stereocenters. The third-order valence-corrected chi connectivity index (χ3v) is 1.32. The second-order valence-corrected chi connectivity index (χ2v) is 2.09. The van der Waals surface area contributed by atoms with E-state index in [1.807, 2.05) is 0 Å². The maximum Gasteiger partial charge on any atom is 0.342 e. The molecule has 0 saturated heterocycles. The minimum absolute atomic E-state index is 0.0301. The molecule has 0 saturated carbocycles. The van der Waals surface area contributed by atoms with Crippen LogP contribution in [0.3, 0.4) is 0 Å². The van der Waals surface area contributed by atoms with Crippen LogP contribution in [0.2, 0.25) is 0 Å². The summed E-state index contributed by atoms with van der Waals surface area (Å²) in [5.41, 5.74) is 4.72. The normalized spacial score (nSPS) is 15.0. The molecule has 0 aromatic carbocycles. The molecule has 1 amide bonds. The Labute approximate surface area is 67.9 Å². The predicted octanol–water partition coefficient (Wildman–Crippen LogP) is -1.21. The van der Waals surface area contributed by atoms with Gasteiger partial charge in [0.15, 0.2) is 0 Å². The van der Waals surface area contributed by atoms with E-state index in [0.29, 0.717) is 0 Å². The summed E-state index contributed by atoms with van der Waals surface area (Å²) >= 11 is 0. The highest BCUT2D eigenvalue weighted by Gasteiger charge is 2.21. The number of aliphatic carboxylic acids is 1. The molecule has 0 spiro atoms. The second kappa shape index (κ2) is 3.00. The zero-order chi connectivity index (χ0) is 9.14. The molecule has 1 rings (SSSR count). The number of carboxylic acids is 1. The maximum absolute atomic E-state index is 10.7. The number of amides is 1. The first-order valence-electron chi connectivity index (χ1n) is 3.10. The summed E-state index contributed by atoms with van der Waals surface area (Å²) in [5, 5.41) is 8.57. The van der Waals surface area contributed by atoms with E-state index < -0.39 is 11.9 Å². The first-order valence-corrected chi connectivity index (χ1v) is 3.10. The number of carboxylic acid groups (broad SMARTS) is 1. The maximum atomic E-state index is 10.7. The highest BCUT2D eigenvalue weighted by Crippen LogP contribution is 2.06. The number of hydrogen-bond donors (Lipinski definition) is 2. The Morgan fingerprint density at radius 3 is 2.50 bits per heavy atom. The number of rotatable bonds is 2. The summed E-state index contributed by atoms with van der Waals surface area (Å²) in [6.45, 7) is 0. The molecule has 61 valence electrons. The van der Waals surface area contributed by atoms with Gasteiger partial charge in [0.1, 0.15) is 5.57 Å². The SMILES string of the molecule is NC(=O)C1=C(C(=O)O)C=[N+]C=C1. The number of hydrogen-bond acceptors (Lipinski definition) is 3. The zero-order valence-electron chi connectivity index (χ0n) is 6.02. The van der Waals surface area contributed by atoms with Crippen LogP contribution in [0.25, 0.3) is 0 Å². The van der Waals surface area contributed by atoms with E-state index in [1.54, 1.807) is 0 Å². The van der Waals surface area contributed by atoms with Crippen LogP contribution in [0.1, 0.15) is 0 Å². The highest BCUT2D eigenvalue weighted by molar-refractivity contribution is 6.16. The number of carbonyl (C=O) groups excluding carboxylic acids is 1. The van der Waals surface area contributed by atoms with E-state index in [9.17, 15) is 9.59 Å². The third-order valence-electron chi connectivity index (χ3n) is 1.32. The summed E-state index contributed by atoms with van der Waals surface area (Å²) in [4.78, 5) is 24.7. The molecule has 12 heavy (non-hydrogen) atoms. The molecule has 1 heterocycles. The average molecular weight is 166 g/mol. The van der Waals surface area contributed by atoms with Crippen LogP contribution in [0.5, 0.6) is 0 Å². The number of primary amides is 1. The van der Waals surface area contributed by atoms with Crippen molar-refractivity contribution in [2.24, 2.45) is 5.73 Å². The monoisotopic (exact) mass is 166 g/mol. The molecule has 0 bridgehead atoms. The Balaban J connectivity index is 3.20. The van der Waals surface area contributed by atoms with Crippen molar-refractivity contribution in [1.29, 1.82) is 0 Å². The van der Waals surface area contributed by atoms with E-state index in [0.717, 1.165) is 6.21 Å². The first-order chi connectivity index (χ1) is 5.63. The Morgan fingerprint density at radius 1 is 1.42 bits per heavy atom. The molecule has 5 heteroatoms. The predicted molar refractivity (Wildman–Crippen MR) is 41.2 cm³/mol. The number of aliphatic imine (C=N–C) groups is 1. The van der Waals surface area contributed by atoms with Crippen LogP contribution in [-0.2, 0) is 9.59 Å². The Morgan fingerprint density at radius 2 is 2.08 bits per heavy atom. The zero-order valence-corrected chi connectivity index (χ0v) is 6.02. The molecule has 1 radical (unpaired) electrons. The van der Waals surface area contributed by atoms with Crippen LogP contribution in [0, 0.1) is 0 Å². The van der Waals surface area contributed by atoms with E-state index >= 15 is 0 Å². The van der Waals surface area contributed by atoms with Crippen LogP contribution < -0.4 is 10.7 Å².